The van der Waals surface area contributed by atoms with E-state index in [-0.39, 0.29) is 0 Å². The molecule has 1 aromatic rings. The first-order chi connectivity index (χ1) is 10.2. The van der Waals surface area contributed by atoms with E-state index in [4.69, 9.17) is 9.47 Å². The number of aliphatic hydroxyl groups excluding tert-OH is 1. The van der Waals surface area contributed by atoms with Crippen LogP contribution in [0.4, 0.5) is 0 Å². The molecule has 0 amide bonds. The van der Waals surface area contributed by atoms with Crippen LogP contribution in [0.3, 0.4) is 0 Å². The summed E-state index contributed by atoms with van der Waals surface area (Å²) in [6.45, 7) is 1.16. The zero-order valence-corrected chi connectivity index (χ0v) is 13.9. The van der Waals surface area contributed by atoms with Gasteiger partial charge in [-0.15, -0.1) is 0 Å². The third-order valence-corrected chi connectivity index (χ3v) is 5.24. The molecule has 1 heterocycles. The molecule has 1 aliphatic carbocycles. The van der Waals surface area contributed by atoms with Crippen molar-refractivity contribution in [1.29, 1.82) is 0 Å². The van der Waals surface area contributed by atoms with E-state index in [1.165, 1.54) is 38.5 Å². The van der Waals surface area contributed by atoms with Crippen LogP contribution >= 0.6 is 15.9 Å². The van der Waals surface area contributed by atoms with Gasteiger partial charge in [-0.25, -0.2) is 0 Å². The number of ether oxygens (including phenoxy) is 2. The molecule has 116 valence electrons. The minimum absolute atomic E-state index is 0.432. The molecule has 4 heteroatoms. The third-order valence-electron chi connectivity index (χ3n) is 4.55. The number of hydrogen-bond acceptors (Lipinski definition) is 3. The quantitative estimate of drug-likeness (QED) is 0.805. The van der Waals surface area contributed by atoms with E-state index < -0.39 is 6.10 Å². The van der Waals surface area contributed by atoms with E-state index in [0.717, 1.165) is 28.0 Å². The predicted molar refractivity (Wildman–Crippen MR) is 85.9 cm³/mol. The molecule has 2 aliphatic rings. The number of halogens is 1. The highest BCUT2D eigenvalue weighted by Gasteiger charge is 2.22. The monoisotopic (exact) mass is 354 g/mol. The van der Waals surface area contributed by atoms with E-state index in [1.807, 2.05) is 12.1 Å². The smallest absolute Gasteiger partial charge is 0.162 e. The van der Waals surface area contributed by atoms with Gasteiger partial charge in [-0.2, -0.15) is 0 Å². The molecule has 1 N–H and O–H groups in total. The molecule has 0 radical (unpaired) electrons. The Morgan fingerprint density at radius 2 is 1.67 bits per heavy atom. The summed E-state index contributed by atoms with van der Waals surface area (Å²) in [4.78, 5) is 0. The van der Waals surface area contributed by atoms with Gasteiger partial charge in [0.05, 0.1) is 6.10 Å². The summed E-state index contributed by atoms with van der Waals surface area (Å²) in [7, 11) is 0. The van der Waals surface area contributed by atoms with E-state index in [0.29, 0.717) is 19.1 Å². The molecule has 0 spiro atoms. The second kappa shape index (κ2) is 7.01. The van der Waals surface area contributed by atoms with Crippen LogP contribution in [0.15, 0.2) is 16.6 Å². The number of fused-ring (bicyclic) bond motifs is 1. The van der Waals surface area contributed by atoms with E-state index >= 15 is 0 Å². The molecule has 3 nitrogen and oxygen atoms in total. The largest absolute Gasteiger partial charge is 0.486 e. The Hall–Kier alpha value is -0.740. The Morgan fingerprint density at radius 1 is 1.05 bits per heavy atom. The van der Waals surface area contributed by atoms with Gasteiger partial charge in [-0.3, -0.25) is 0 Å². The lowest BCUT2D eigenvalue weighted by Gasteiger charge is -2.23. The minimum atomic E-state index is -0.432. The molecule has 21 heavy (non-hydrogen) atoms. The number of rotatable bonds is 3. The summed E-state index contributed by atoms with van der Waals surface area (Å²) in [6.07, 6.45) is 8.22. The molecule has 1 fully saturated rings. The lowest BCUT2D eigenvalue weighted by atomic mass is 9.91. The van der Waals surface area contributed by atoms with Gasteiger partial charge >= 0.3 is 0 Å². The van der Waals surface area contributed by atoms with Gasteiger partial charge in [0.2, 0.25) is 0 Å². The molecule has 0 bridgehead atoms. The Morgan fingerprint density at radius 3 is 2.33 bits per heavy atom. The fraction of sp³-hybridized carbons (Fsp3) is 0.647. The van der Waals surface area contributed by atoms with E-state index in [9.17, 15) is 5.11 Å². The van der Waals surface area contributed by atoms with Gasteiger partial charge in [-0.1, -0.05) is 54.5 Å². The van der Waals surface area contributed by atoms with Crippen LogP contribution in [0.1, 0.15) is 56.6 Å². The highest BCUT2D eigenvalue weighted by molar-refractivity contribution is 9.10. The predicted octanol–water partition coefficient (Wildman–Crippen LogP) is 4.61. The van der Waals surface area contributed by atoms with Gasteiger partial charge in [0.15, 0.2) is 11.5 Å². The molecule has 1 aliphatic heterocycles. The summed E-state index contributed by atoms with van der Waals surface area (Å²) in [6, 6.07) is 3.85. The molecule has 1 unspecified atom stereocenters. The van der Waals surface area contributed by atoms with Crippen molar-refractivity contribution in [3.63, 3.8) is 0 Å². The summed E-state index contributed by atoms with van der Waals surface area (Å²) in [5, 5.41) is 10.6. The summed E-state index contributed by atoms with van der Waals surface area (Å²) in [5.74, 6) is 2.15. The van der Waals surface area contributed by atoms with Crippen LogP contribution in [0, 0.1) is 5.92 Å². The van der Waals surface area contributed by atoms with E-state index in [2.05, 4.69) is 15.9 Å². The standard InChI is InChI=1S/C17H23BrO3/c18-14-11-17-16(20-7-8-21-17)10-13(14)15(19)9-12-5-3-1-2-4-6-12/h10-12,15,19H,1-9H2. The van der Waals surface area contributed by atoms with Crippen LogP contribution in [0.2, 0.25) is 0 Å². The maximum absolute atomic E-state index is 10.6. The normalized spacial score (nSPS) is 20.9. The summed E-state index contributed by atoms with van der Waals surface area (Å²) in [5.41, 5.74) is 0.920. The average Bonchev–Trinajstić information content (AvgIpc) is 2.75. The van der Waals surface area contributed by atoms with Crippen LogP contribution in [0.25, 0.3) is 0 Å². The van der Waals surface area contributed by atoms with Gasteiger partial charge in [0, 0.05) is 4.47 Å². The molecular weight excluding hydrogens is 332 g/mol. The van der Waals surface area contributed by atoms with Crippen molar-refractivity contribution in [3.05, 3.63) is 22.2 Å². The maximum atomic E-state index is 10.6. The van der Waals surface area contributed by atoms with Crippen molar-refractivity contribution in [3.8, 4) is 11.5 Å². The van der Waals surface area contributed by atoms with Crippen molar-refractivity contribution in [2.24, 2.45) is 5.92 Å². The van der Waals surface area contributed by atoms with Gasteiger partial charge < -0.3 is 14.6 Å². The third kappa shape index (κ3) is 3.72. The topological polar surface area (TPSA) is 38.7 Å². The van der Waals surface area contributed by atoms with Crippen molar-refractivity contribution in [2.45, 2.75) is 51.0 Å². The molecule has 3 rings (SSSR count). The second-order valence-electron chi connectivity index (χ2n) is 6.13. The first kappa shape index (κ1) is 15.2. The van der Waals surface area contributed by atoms with Crippen LogP contribution in [0.5, 0.6) is 11.5 Å². The molecule has 1 saturated carbocycles. The highest BCUT2D eigenvalue weighted by Crippen LogP contribution is 2.40. The average molecular weight is 355 g/mol. The number of hydrogen-bond donors (Lipinski definition) is 1. The Balaban J connectivity index is 1.72. The summed E-state index contributed by atoms with van der Waals surface area (Å²) < 4.78 is 12.1. The summed E-state index contributed by atoms with van der Waals surface area (Å²) >= 11 is 3.56. The Kier molecular flexibility index (Phi) is 5.07. The Bertz CT molecular complexity index is 481. The zero-order chi connectivity index (χ0) is 14.7. The molecule has 0 aromatic heterocycles. The fourth-order valence-electron chi connectivity index (χ4n) is 3.38. The minimum Gasteiger partial charge on any atom is -0.486 e. The van der Waals surface area contributed by atoms with E-state index in [1.54, 1.807) is 0 Å². The molecule has 1 atom stereocenters. The van der Waals surface area contributed by atoms with Crippen molar-refractivity contribution in [1.82, 2.24) is 0 Å². The molecule has 1 aromatic carbocycles. The second-order valence-corrected chi connectivity index (χ2v) is 6.98. The molecule has 0 saturated heterocycles. The van der Waals surface area contributed by atoms with Gasteiger partial charge in [0.1, 0.15) is 13.2 Å². The molecular formula is C17H23BrO3. The first-order valence-corrected chi connectivity index (χ1v) is 8.80. The SMILES string of the molecule is OC(CC1CCCCCC1)c1cc2c(cc1Br)OCCO2. The number of aliphatic hydroxyl groups is 1. The van der Waals surface area contributed by atoms with Crippen LogP contribution in [-0.2, 0) is 0 Å². The number of benzene rings is 1. The first-order valence-electron chi connectivity index (χ1n) is 8.01. The van der Waals surface area contributed by atoms with Gasteiger partial charge in [-0.05, 0) is 30.0 Å². The van der Waals surface area contributed by atoms with Crippen molar-refractivity contribution < 1.29 is 14.6 Å². The van der Waals surface area contributed by atoms with Crippen LogP contribution in [-0.4, -0.2) is 18.3 Å². The highest BCUT2D eigenvalue weighted by atomic mass is 79.9. The van der Waals surface area contributed by atoms with Crippen molar-refractivity contribution in [2.75, 3.05) is 13.2 Å². The lowest BCUT2D eigenvalue weighted by molar-refractivity contribution is 0.136. The van der Waals surface area contributed by atoms with Gasteiger partial charge in [0.25, 0.3) is 0 Å². The van der Waals surface area contributed by atoms with Crippen LogP contribution < -0.4 is 9.47 Å². The Labute approximate surface area is 134 Å². The van der Waals surface area contributed by atoms with Crippen molar-refractivity contribution >= 4 is 15.9 Å². The zero-order valence-electron chi connectivity index (χ0n) is 12.3. The lowest BCUT2D eigenvalue weighted by Crippen LogP contribution is -2.16. The fourth-order valence-corrected chi connectivity index (χ4v) is 3.96. The maximum Gasteiger partial charge on any atom is 0.162 e.